The van der Waals surface area contributed by atoms with Crippen LogP contribution in [0.25, 0.3) is 28.5 Å². The first kappa shape index (κ1) is 20.0. The molecule has 5 aromatic heterocycles. The number of alkyl halides is 3. The average Bonchev–Trinajstić information content (AvgIpc) is 3.49. The van der Waals surface area contributed by atoms with Gasteiger partial charge in [-0.05, 0) is 0 Å². The molecule has 32 heavy (non-hydrogen) atoms. The maximum Gasteiger partial charge on any atom is 0.433 e. The minimum Gasteiger partial charge on any atom is -0.236 e. The summed E-state index contributed by atoms with van der Waals surface area (Å²) in [4.78, 5) is 15.5. The van der Waals surface area contributed by atoms with Gasteiger partial charge in [0.25, 0.3) is 0 Å². The van der Waals surface area contributed by atoms with Crippen LogP contribution >= 0.6 is 0 Å². The SMILES string of the molecule is CCS(=O)(=O)c1nn2c(-n3cncn3)ccnc2c1-c1nc2cc(C(F)(F)F)ncn2n1. The molecule has 0 bridgehead atoms. The van der Waals surface area contributed by atoms with E-state index in [1.165, 1.54) is 41.0 Å². The van der Waals surface area contributed by atoms with Crippen molar-refractivity contribution in [1.82, 2.24) is 48.9 Å². The Balaban J connectivity index is 1.81. The Morgan fingerprint density at radius 1 is 1.12 bits per heavy atom. The van der Waals surface area contributed by atoms with E-state index >= 15 is 0 Å². The first-order valence-electron chi connectivity index (χ1n) is 8.94. The predicted octanol–water partition coefficient (Wildman–Crippen LogP) is 1.23. The molecular weight excluding hydrogens is 453 g/mol. The maximum atomic E-state index is 13.0. The molecule has 5 rings (SSSR count). The minimum atomic E-state index is -4.68. The fourth-order valence-corrected chi connectivity index (χ4v) is 3.99. The Kier molecular flexibility index (Phi) is 4.23. The van der Waals surface area contributed by atoms with Crippen LogP contribution in [0.1, 0.15) is 12.6 Å². The minimum absolute atomic E-state index is 0.0499. The topological polar surface area (TPSA) is 138 Å². The third kappa shape index (κ3) is 3.06. The fourth-order valence-electron chi connectivity index (χ4n) is 3.02. The van der Waals surface area contributed by atoms with E-state index in [-0.39, 0.29) is 33.5 Å². The van der Waals surface area contributed by atoms with Crippen molar-refractivity contribution >= 4 is 21.1 Å². The summed E-state index contributed by atoms with van der Waals surface area (Å²) in [6.45, 7) is 1.44. The van der Waals surface area contributed by atoms with Gasteiger partial charge >= 0.3 is 6.18 Å². The largest absolute Gasteiger partial charge is 0.433 e. The quantitative estimate of drug-likeness (QED) is 0.384. The van der Waals surface area contributed by atoms with E-state index in [4.69, 9.17) is 0 Å². The number of hydrogen-bond acceptors (Lipinski definition) is 9. The summed E-state index contributed by atoms with van der Waals surface area (Å²) >= 11 is 0. The van der Waals surface area contributed by atoms with Gasteiger partial charge in [-0.15, -0.1) is 5.10 Å². The maximum absolute atomic E-state index is 13.0. The van der Waals surface area contributed by atoms with Crippen molar-refractivity contribution in [2.24, 2.45) is 0 Å². The summed E-state index contributed by atoms with van der Waals surface area (Å²) in [5.74, 6) is -0.122. The molecular formula is C16H11F3N10O2S. The van der Waals surface area contributed by atoms with Crippen LogP contribution in [0.3, 0.4) is 0 Å². The van der Waals surface area contributed by atoms with E-state index in [0.717, 1.165) is 10.8 Å². The van der Waals surface area contributed by atoms with Crippen molar-refractivity contribution in [2.75, 3.05) is 5.75 Å². The van der Waals surface area contributed by atoms with Gasteiger partial charge in [0.05, 0.1) is 5.75 Å². The summed E-state index contributed by atoms with van der Waals surface area (Å²) in [5.41, 5.74) is -1.30. The first-order chi connectivity index (χ1) is 15.2. The molecule has 0 saturated heterocycles. The van der Waals surface area contributed by atoms with Gasteiger partial charge in [-0.25, -0.2) is 37.6 Å². The Morgan fingerprint density at radius 3 is 2.62 bits per heavy atom. The molecule has 12 nitrogen and oxygen atoms in total. The molecule has 0 fully saturated rings. The molecule has 0 amide bonds. The fraction of sp³-hybridized carbons (Fsp3) is 0.188. The molecule has 0 saturated carbocycles. The van der Waals surface area contributed by atoms with Crippen molar-refractivity contribution in [1.29, 1.82) is 0 Å². The zero-order valence-corrected chi connectivity index (χ0v) is 16.8. The van der Waals surface area contributed by atoms with Crippen molar-refractivity contribution in [2.45, 2.75) is 18.1 Å². The lowest BCUT2D eigenvalue weighted by atomic mass is 10.3. The Bertz CT molecular complexity index is 1570. The zero-order chi connectivity index (χ0) is 22.7. The van der Waals surface area contributed by atoms with Gasteiger partial charge in [0.2, 0.25) is 0 Å². The van der Waals surface area contributed by atoms with Gasteiger partial charge < -0.3 is 0 Å². The Labute approximate surface area is 176 Å². The molecule has 5 heterocycles. The highest BCUT2D eigenvalue weighted by molar-refractivity contribution is 7.91. The van der Waals surface area contributed by atoms with Crippen LogP contribution in [0.15, 0.2) is 42.3 Å². The normalized spacial score (nSPS) is 12.8. The first-order valence-corrected chi connectivity index (χ1v) is 10.6. The molecule has 0 aliphatic rings. The summed E-state index contributed by atoms with van der Waals surface area (Å²) in [7, 11) is -3.90. The van der Waals surface area contributed by atoms with Crippen LogP contribution in [0.4, 0.5) is 13.2 Å². The number of aromatic nitrogens is 10. The highest BCUT2D eigenvalue weighted by Crippen LogP contribution is 2.32. The second-order valence-corrected chi connectivity index (χ2v) is 8.67. The van der Waals surface area contributed by atoms with Gasteiger partial charge in [-0.2, -0.15) is 27.9 Å². The highest BCUT2D eigenvalue weighted by Gasteiger charge is 2.34. The number of hydrogen-bond donors (Lipinski definition) is 0. The molecule has 5 aromatic rings. The van der Waals surface area contributed by atoms with Gasteiger partial charge in [0.15, 0.2) is 37.8 Å². The van der Waals surface area contributed by atoms with E-state index in [1.807, 2.05) is 0 Å². The van der Waals surface area contributed by atoms with Gasteiger partial charge in [-0.1, -0.05) is 6.92 Å². The third-order valence-electron chi connectivity index (χ3n) is 4.54. The molecule has 0 spiro atoms. The molecule has 0 N–H and O–H groups in total. The zero-order valence-electron chi connectivity index (χ0n) is 16.0. The smallest absolute Gasteiger partial charge is 0.236 e. The molecule has 0 radical (unpaired) electrons. The molecule has 164 valence electrons. The summed E-state index contributed by atoms with van der Waals surface area (Å²) in [5, 5.41) is 12.0. The monoisotopic (exact) mass is 464 g/mol. The van der Waals surface area contributed by atoms with E-state index in [0.29, 0.717) is 11.9 Å². The lowest BCUT2D eigenvalue weighted by Gasteiger charge is -2.03. The second-order valence-electron chi connectivity index (χ2n) is 6.47. The number of rotatable bonds is 4. The number of nitrogens with zero attached hydrogens (tertiary/aromatic N) is 10. The summed E-state index contributed by atoms with van der Waals surface area (Å²) in [6, 6.07) is 2.25. The van der Waals surface area contributed by atoms with Crippen molar-refractivity contribution in [3.8, 4) is 17.2 Å². The highest BCUT2D eigenvalue weighted by atomic mass is 32.2. The van der Waals surface area contributed by atoms with Crippen LogP contribution in [0.2, 0.25) is 0 Å². The van der Waals surface area contributed by atoms with Crippen LogP contribution in [0, 0.1) is 0 Å². The van der Waals surface area contributed by atoms with Crippen LogP contribution in [-0.2, 0) is 16.0 Å². The van der Waals surface area contributed by atoms with Gasteiger partial charge in [0.1, 0.15) is 30.2 Å². The van der Waals surface area contributed by atoms with E-state index in [9.17, 15) is 21.6 Å². The molecule has 0 unspecified atom stereocenters. The molecule has 0 aromatic carbocycles. The average molecular weight is 464 g/mol. The van der Waals surface area contributed by atoms with Gasteiger partial charge in [-0.3, -0.25) is 0 Å². The summed E-state index contributed by atoms with van der Waals surface area (Å²) in [6.07, 6.45) is 0.248. The molecule has 0 aliphatic heterocycles. The van der Waals surface area contributed by atoms with Crippen LogP contribution in [0.5, 0.6) is 0 Å². The molecule has 0 atom stereocenters. The van der Waals surface area contributed by atoms with Crippen molar-refractivity contribution in [3.05, 3.63) is 43.0 Å². The Morgan fingerprint density at radius 2 is 1.94 bits per heavy atom. The Hall–Kier alpha value is -3.95. The standard InChI is InChI=1S/C16H11F3N10O2S/c1-2-32(30,31)15-12(13-24-10-5-9(16(17,18)19)22-8-27(10)25-13)14-21-4-3-11(29(14)26-15)28-7-20-6-23-28/h3-8H,2H2,1H3. The van der Waals surface area contributed by atoms with E-state index in [1.54, 1.807) is 0 Å². The van der Waals surface area contributed by atoms with Crippen molar-refractivity contribution < 1.29 is 21.6 Å². The van der Waals surface area contributed by atoms with E-state index in [2.05, 4.69) is 35.2 Å². The molecule has 0 aliphatic carbocycles. The lowest BCUT2D eigenvalue weighted by Crippen LogP contribution is -2.08. The number of sulfone groups is 1. The number of fused-ring (bicyclic) bond motifs is 2. The third-order valence-corrected chi connectivity index (χ3v) is 6.17. The lowest BCUT2D eigenvalue weighted by molar-refractivity contribution is -0.141. The number of halogens is 3. The van der Waals surface area contributed by atoms with Crippen LogP contribution in [-0.4, -0.2) is 63.1 Å². The van der Waals surface area contributed by atoms with Crippen molar-refractivity contribution in [3.63, 3.8) is 0 Å². The van der Waals surface area contributed by atoms with Crippen LogP contribution < -0.4 is 0 Å². The second kappa shape index (κ2) is 6.78. The predicted molar refractivity (Wildman–Crippen MR) is 100 cm³/mol. The van der Waals surface area contributed by atoms with Gasteiger partial charge in [0, 0.05) is 18.3 Å². The van der Waals surface area contributed by atoms with E-state index < -0.39 is 21.7 Å². The summed E-state index contributed by atoms with van der Waals surface area (Å²) < 4.78 is 68.2. The molecule has 16 heteroatoms.